The van der Waals surface area contributed by atoms with Crippen LogP contribution in [0.5, 0.6) is 0 Å². The predicted octanol–water partition coefficient (Wildman–Crippen LogP) is 0.801. The Morgan fingerprint density at radius 3 is 2.65 bits per heavy atom. The molecular weight excluding hydrogens is 216 g/mol. The van der Waals surface area contributed by atoms with Gasteiger partial charge in [0.2, 0.25) is 0 Å². The van der Waals surface area contributed by atoms with Crippen LogP contribution in [0.4, 0.5) is 0 Å². The Kier molecular flexibility index (Phi) is 6.07. The Labute approximate surface area is 103 Å². The van der Waals surface area contributed by atoms with Gasteiger partial charge in [0.1, 0.15) is 0 Å². The van der Waals surface area contributed by atoms with Gasteiger partial charge in [-0.1, -0.05) is 33.1 Å². The monoisotopic (exact) mass is 240 g/mol. The highest BCUT2D eigenvalue weighted by Gasteiger charge is 2.20. The highest BCUT2D eigenvalue weighted by Crippen LogP contribution is 2.18. The second-order valence-corrected chi connectivity index (χ2v) is 4.48. The van der Waals surface area contributed by atoms with E-state index >= 15 is 0 Å². The molecule has 0 saturated heterocycles. The van der Waals surface area contributed by atoms with Gasteiger partial charge in [-0.2, -0.15) is 4.80 Å². The van der Waals surface area contributed by atoms with Gasteiger partial charge in [0.15, 0.2) is 5.82 Å². The summed E-state index contributed by atoms with van der Waals surface area (Å²) in [6.45, 7) is 4.41. The van der Waals surface area contributed by atoms with Crippen LogP contribution in [0.15, 0.2) is 0 Å². The first kappa shape index (κ1) is 14.1. The van der Waals surface area contributed by atoms with Gasteiger partial charge < -0.3 is 0 Å². The molecular formula is C11H24N6. The molecule has 17 heavy (non-hydrogen) atoms. The van der Waals surface area contributed by atoms with Crippen LogP contribution in [-0.2, 0) is 13.5 Å². The summed E-state index contributed by atoms with van der Waals surface area (Å²) < 4.78 is 0. The maximum Gasteiger partial charge on any atom is 0.176 e. The van der Waals surface area contributed by atoms with E-state index in [1.807, 2.05) is 0 Å². The molecule has 3 N–H and O–H groups in total. The number of hydrazine groups is 1. The second kappa shape index (κ2) is 7.34. The zero-order chi connectivity index (χ0) is 12.7. The van der Waals surface area contributed by atoms with E-state index in [0.29, 0.717) is 5.92 Å². The van der Waals surface area contributed by atoms with Crippen molar-refractivity contribution in [1.82, 2.24) is 25.6 Å². The molecule has 2 unspecified atom stereocenters. The van der Waals surface area contributed by atoms with Gasteiger partial charge in [-0.3, -0.25) is 11.3 Å². The topological polar surface area (TPSA) is 81.7 Å². The Bertz CT molecular complexity index is 311. The van der Waals surface area contributed by atoms with Crippen LogP contribution in [0.25, 0.3) is 0 Å². The summed E-state index contributed by atoms with van der Waals surface area (Å²) >= 11 is 0. The summed E-state index contributed by atoms with van der Waals surface area (Å²) in [4.78, 5) is 1.48. The fourth-order valence-electron chi connectivity index (χ4n) is 2.12. The molecule has 0 saturated carbocycles. The molecule has 1 rings (SSSR count). The van der Waals surface area contributed by atoms with E-state index in [4.69, 9.17) is 5.84 Å². The Hall–Kier alpha value is -1.01. The van der Waals surface area contributed by atoms with Gasteiger partial charge in [-0.15, -0.1) is 10.2 Å². The SMILES string of the molecule is CCCCC(CC)C(Cc1nnn(C)n1)NN. The highest BCUT2D eigenvalue weighted by atomic mass is 15.6. The molecule has 1 aromatic heterocycles. The number of tetrazole rings is 1. The van der Waals surface area contributed by atoms with Gasteiger partial charge in [-0.05, 0) is 17.6 Å². The number of hydrogen-bond acceptors (Lipinski definition) is 5. The molecule has 1 heterocycles. The van der Waals surface area contributed by atoms with Gasteiger partial charge in [0, 0.05) is 12.5 Å². The smallest absolute Gasteiger partial charge is 0.176 e. The van der Waals surface area contributed by atoms with Gasteiger partial charge in [-0.25, -0.2) is 0 Å². The molecule has 0 aliphatic heterocycles. The third-order valence-electron chi connectivity index (χ3n) is 3.19. The molecule has 1 aromatic rings. The lowest BCUT2D eigenvalue weighted by molar-refractivity contribution is 0.314. The van der Waals surface area contributed by atoms with E-state index in [1.54, 1.807) is 7.05 Å². The predicted molar refractivity (Wildman–Crippen MR) is 66.9 cm³/mol. The normalized spacial score (nSPS) is 14.8. The molecule has 0 bridgehead atoms. The molecule has 0 aliphatic rings. The lowest BCUT2D eigenvalue weighted by Crippen LogP contribution is -2.42. The molecule has 6 heteroatoms. The summed E-state index contributed by atoms with van der Waals surface area (Å²) in [7, 11) is 1.77. The van der Waals surface area contributed by atoms with Crippen molar-refractivity contribution < 1.29 is 0 Å². The van der Waals surface area contributed by atoms with E-state index in [-0.39, 0.29) is 6.04 Å². The summed E-state index contributed by atoms with van der Waals surface area (Å²) in [5.41, 5.74) is 2.90. The number of aromatic nitrogens is 4. The van der Waals surface area contributed by atoms with Crippen LogP contribution >= 0.6 is 0 Å². The van der Waals surface area contributed by atoms with Crippen molar-refractivity contribution in [2.45, 2.75) is 52.0 Å². The highest BCUT2D eigenvalue weighted by molar-refractivity contribution is 4.87. The molecule has 0 aliphatic carbocycles. The van der Waals surface area contributed by atoms with Crippen LogP contribution in [0.1, 0.15) is 45.4 Å². The minimum atomic E-state index is 0.232. The molecule has 98 valence electrons. The number of unbranched alkanes of at least 4 members (excludes halogenated alkanes) is 1. The van der Waals surface area contributed by atoms with Crippen LogP contribution < -0.4 is 11.3 Å². The Morgan fingerprint density at radius 1 is 1.41 bits per heavy atom. The molecule has 0 aromatic carbocycles. The van der Waals surface area contributed by atoms with E-state index < -0.39 is 0 Å². The fraction of sp³-hybridized carbons (Fsp3) is 0.909. The zero-order valence-electron chi connectivity index (χ0n) is 11.1. The van der Waals surface area contributed by atoms with Crippen LogP contribution in [0, 0.1) is 5.92 Å². The average molecular weight is 240 g/mol. The molecule has 0 amide bonds. The van der Waals surface area contributed by atoms with Gasteiger partial charge in [0.25, 0.3) is 0 Å². The number of rotatable bonds is 8. The third kappa shape index (κ3) is 4.40. The van der Waals surface area contributed by atoms with Crippen LogP contribution in [-0.4, -0.2) is 26.2 Å². The maximum absolute atomic E-state index is 5.64. The molecule has 6 nitrogen and oxygen atoms in total. The minimum absolute atomic E-state index is 0.232. The number of nitrogens with one attached hydrogen (secondary N) is 1. The summed E-state index contributed by atoms with van der Waals surface area (Å²) in [5, 5.41) is 12.0. The van der Waals surface area contributed by atoms with E-state index in [9.17, 15) is 0 Å². The molecule has 2 atom stereocenters. The Morgan fingerprint density at radius 2 is 2.18 bits per heavy atom. The van der Waals surface area contributed by atoms with Crippen molar-refractivity contribution in [2.24, 2.45) is 18.8 Å². The second-order valence-electron chi connectivity index (χ2n) is 4.48. The number of nitrogens with zero attached hydrogens (tertiary/aromatic N) is 4. The van der Waals surface area contributed by atoms with E-state index in [1.165, 1.54) is 24.1 Å². The van der Waals surface area contributed by atoms with Crippen molar-refractivity contribution in [3.63, 3.8) is 0 Å². The third-order valence-corrected chi connectivity index (χ3v) is 3.19. The first-order valence-electron chi connectivity index (χ1n) is 6.40. The minimum Gasteiger partial charge on any atom is -0.271 e. The van der Waals surface area contributed by atoms with E-state index in [2.05, 4.69) is 34.7 Å². The first-order chi connectivity index (χ1) is 8.21. The van der Waals surface area contributed by atoms with Crippen molar-refractivity contribution in [3.8, 4) is 0 Å². The van der Waals surface area contributed by atoms with E-state index in [0.717, 1.165) is 18.7 Å². The lowest BCUT2D eigenvalue weighted by atomic mass is 9.89. The Balaban J connectivity index is 2.56. The van der Waals surface area contributed by atoms with Crippen molar-refractivity contribution >= 4 is 0 Å². The van der Waals surface area contributed by atoms with Crippen molar-refractivity contribution in [2.75, 3.05) is 0 Å². The molecule has 0 radical (unpaired) electrons. The van der Waals surface area contributed by atoms with Gasteiger partial charge in [0.05, 0.1) is 7.05 Å². The standard InChI is InChI=1S/C11H24N6/c1-4-6-7-9(5-2)10(13-12)8-11-14-16-17(3)15-11/h9-10,13H,4-8,12H2,1-3H3. The maximum atomic E-state index is 5.64. The number of hydrogen-bond donors (Lipinski definition) is 2. The average Bonchev–Trinajstić information content (AvgIpc) is 2.74. The molecule has 0 fully saturated rings. The largest absolute Gasteiger partial charge is 0.271 e. The van der Waals surface area contributed by atoms with Crippen molar-refractivity contribution in [1.29, 1.82) is 0 Å². The quantitative estimate of drug-likeness (QED) is 0.519. The summed E-state index contributed by atoms with van der Waals surface area (Å²) in [6, 6.07) is 0.232. The number of nitrogens with two attached hydrogens (primary N) is 1. The van der Waals surface area contributed by atoms with Crippen LogP contribution in [0.2, 0.25) is 0 Å². The first-order valence-corrected chi connectivity index (χ1v) is 6.40. The lowest BCUT2D eigenvalue weighted by Gasteiger charge is -2.24. The zero-order valence-corrected chi connectivity index (χ0v) is 11.1. The van der Waals surface area contributed by atoms with Crippen molar-refractivity contribution in [3.05, 3.63) is 5.82 Å². The van der Waals surface area contributed by atoms with Crippen LogP contribution in [0.3, 0.4) is 0 Å². The summed E-state index contributed by atoms with van der Waals surface area (Å²) in [5.74, 6) is 6.97. The molecule has 0 spiro atoms. The fourth-order valence-corrected chi connectivity index (χ4v) is 2.12. The van der Waals surface area contributed by atoms with Gasteiger partial charge >= 0.3 is 0 Å². The number of aryl methyl sites for hydroxylation is 1. The summed E-state index contributed by atoms with van der Waals surface area (Å²) in [6.07, 6.45) is 5.52.